The molecule has 0 aliphatic carbocycles. The van der Waals surface area contributed by atoms with Crippen molar-refractivity contribution >= 4 is 32.7 Å². The fourth-order valence-electron chi connectivity index (χ4n) is 3.10. The molecule has 0 radical (unpaired) electrons. The van der Waals surface area contributed by atoms with Crippen LogP contribution in [0.5, 0.6) is 0 Å². The standard InChI is InChI=1S/C19H20FN5O2S/c1-24-10-12-25(13-11-24)19-18(21-16-4-2-3-5-17(16)22-19)23-28(26,27)15-8-6-14(20)7-9-15/h2-9H,10-13H2,1H3,(H,21,23). The fraction of sp³-hybridized carbons (Fsp3) is 0.263. The summed E-state index contributed by atoms with van der Waals surface area (Å²) in [5.41, 5.74) is 1.29. The van der Waals surface area contributed by atoms with Gasteiger partial charge in [0.05, 0.1) is 15.9 Å². The van der Waals surface area contributed by atoms with Crippen molar-refractivity contribution in [2.24, 2.45) is 0 Å². The van der Waals surface area contributed by atoms with Crippen molar-refractivity contribution in [3.63, 3.8) is 0 Å². The lowest BCUT2D eigenvalue weighted by Crippen LogP contribution is -2.45. The van der Waals surface area contributed by atoms with Gasteiger partial charge in [-0.2, -0.15) is 0 Å². The molecular weight excluding hydrogens is 381 g/mol. The van der Waals surface area contributed by atoms with E-state index in [1.54, 1.807) is 6.07 Å². The van der Waals surface area contributed by atoms with Crippen LogP contribution in [0.1, 0.15) is 0 Å². The van der Waals surface area contributed by atoms with E-state index < -0.39 is 15.8 Å². The van der Waals surface area contributed by atoms with Crippen molar-refractivity contribution < 1.29 is 12.8 Å². The summed E-state index contributed by atoms with van der Waals surface area (Å²) in [5, 5.41) is 0. The molecule has 0 amide bonds. The van der Waals surface area contributed by atoms with E-state index in [4.69, 9.17) is 0 Å². The third kappa shape index (κ3) is 3.76. The third-order valence-corrected chi connectivity index (χ3v) is 6.06. The van der Waals surface area contributed by atoms with E-state index >= 15 is 0 Å². The van der Waals surface area contributed by atoms with Gasteiger partial charge in [0.1, 0.15) is 5.82 Å². The van der Waals surface area contributed by atoms with E-state index in [-0.39, 0.29) is 10.7 Å². The number of nitrogens with zero attached hydrogens (tertiary/aromatic N) is 4. The van der Waals surface area contributed by atoms with Gasteiger partial charge in [0.25, 0.3) is 10.0 Å². The average molecular weight is 401 g/mol. The molecule has 1 aliphatic rings. The van der Waals surface area contributed by atoms with Gasteiger partial charge in [-0.25, -0.2) is 22.8 Å². The van der Waals surface area contributed by atoms with Crippen LogP contribution in [0.4, 0.5) is 16.0 Å². The highest BCUT2D eigenvalue weighted by Gasteiger charge is 2.24. The van der Waals surface area contributed by atoms with Gasteiger partial charge in [-0.05, 0) is 43.4 Å². The molecule has 0 unspecified atom stereocenters. The fourth-order valence-corrected chi connectivity index (χ4v) is 4.10. The van der Waals surface area contributed by atoms with E-state index in [1.807, 2.05) is 30.1 Å². The highest BCUT2D eigenvalue weighted by Crippen LogP contribution is 2.28. The Labute approximate surface area is 162 Å². The van der Waals surface area contributed by atoms with Crippen LogP contribution in [-0.4, -0.2) is 56.5 Å². The number of sulfonamides is 1. The number of nitrogens with one attached hydrogen (secondary N) is 1. The van der Waals surface area contributed by atoms with E-state index in [0.29, 0.717) is 16.9 Å². The first-order valence-corrected chi connectivity index (χ1v) is 10.4. The van der Waals surface area contributed by atoms with Gasteiger partial charge in [-0.15, -0.1) is 0 Å². The number of rotatable bonds is 4. The number of likely N-dealkylation sites (N-methyl/N-ethyl adjacent to an activating group) is 1. The molecule has 146 valence electrons. The lowest BCUT2D eigenvalue weighted by Gasteiger charge is -2.34. The summed E-state index contributed by atoms with van der Waals surface area (Å²) in [7, 11) is -1.88. The summed E-state index contributed by atoms with van der Waals surface area (Å²) >= 11 is 0. The van der Waals surface area contributed by atoms with Gasteiger partial charge in [0.15, 0.2) is 11.6 Å². The normalized spacial score (nSPS) is 15.7. The second-order valence-electron chi connectivity index (χ2n) is 6.73. The number of hydrogen-bond acceptors (Lipinski definition) is 6. The Bertz CT molecular complexity index is 1100. The minimum Gasteiger partial charge on any atom is -0.351 e. The first kappa shape index (κ1) is 18.6. The second-order valence-corrected chi connectivity index (χ2v) is 8.42. The number of benzene rings is 2. The minimum atomic E-state index is -3.93. The molecular formula is C19H20FN5O2S. The zero-order chi connectivity index (χ0) is 19.7. The lowest BCUT2D eigenvalue weighted by atomic mass is 10.3. The highest BCUT2D eigenvalue weighted by molar-refractivity contribution is 7.92. The second kappa shape index (κ2) is 7.33. The Balaban J connectivity index is 1.76. The molecule has 1 aliphatic heterocycles. The van der Waals surface area contributed by atoms with Crippen LogP contribution in [0.3, 0.4) is 0 Å². The van der Waals surface area contributed by atoms with Crippen LogP contribution in [0.2, 0.25) is 0 Å². The SMILES string of the molecule is CN1CCN(c2nc3ccccc3nc2NS(=O)(=O)c2ccc(F)cc2)CC1. The van der Waals surface area contributed by atoms with Crippen LogP contribution < -0.4 is 9.62 Å². The molecule has 28 heavy (non-hydrogen) atoms. The molecule has 9 heteroatoms. The number of hydrogen-bond donors (Lipinski definition) is 1. The first-order chi connectivity index (χ1) is 13.4. The van der Waals surface area contributed by atoms with Crippen molar-refractivity contribution in [2.45, 2.75) is 4.90 Å². The van der Waals surface area contributed by atoms with E-state index in [1.165, 1.54) is 12.1 Å². The van der Waals surface area contributed by atoms with Crippen molar-refractivity contribution in [1.82, 2.24) is 14.9 Å². The number of para-hydroxylation sites is 2. The lowest BCUT2D eigenvalue weighted by molar-refractivity contribution is 0.312. The van der Waals surface area contributed by atoms with Gasteiger partial charge >= 0.3 is 0 Å². The Morgan fingerprint density at radius 2 is 1.54 bits per heavy atom. The molecule has 0 bridgehead atoms. The van der Waals surface area contributed by atoms with Gasteiger partial charge < -0.3 is 9.80 Å². The molecule has 0 saturated carbocycles. The van der Waals surface area contributed by atoms with Gasteiger partial charge in [0.2, 0.25) is 0 Å². The molecule has 1 aromatic heterocycles. The Hall–Kier alpha value is -2.78. The van der Waals surface area contributed by atoms with Crippen molar-refractivity contribution in [3.05, 3.63) is 54.3 Å². The Morgan fingerprint density at radius 3 is 2.18 bits per heavy atom. The monoisotopic (exact) mass is 401 g/mol. The maximum absolute atomic E-state index is 13.2. The molecule has 1 saturated heterocycles. The van der Waals surface area contributed by atoms with E-state index in [9.17, 15) is 12.8 Å². The average Bonchev–Trinajstić information content (AvgIpc) is 2.68. The molecule has 2 heterocycles. The van der Waals surface area contributed by atoms with Gasteiger partial charge in [-0.1, -0.05) is 12.1 Å². The molecule has 1 N–H and O–H groups in total. The van der Waals surface area contributed by atoms with Crippen LogP contribution in [0, 0.1) is 5.82 Å². The molecule has 7 nitrogen and oxygen atoms in total. The van der Waals surface area contributed by atoms with E-state index in [2.05, 4.69) is 19.6 Å². The van der Waals surface area contributed by atoms with Crippen molar-refractivity contribution in [3.8, 4) is 0 Å². The van der Waals surface area contributed by atoms with Crippen molar-refractivity contribution in [2.75, 3.05) is 42.8 Å². The molecule has 0 atom stereocenters. The van der Waals surface area contributed by atoms with Crippen LogP contribution in [-0.2, 0) is 10.0 Å². The molecule has 1 fully saturated rings. The predicted octanol–water partition coefficient (Wildman–Crippen LogP) is 2.32. The summed E-state index contributed by atoms with van der Waals surface area (Å²) in [4.78, 5) is 13.4. The quantitative estimate of drug-likeness (QED) is 0.723. The zero-order valence-corrected chi connectivity index (χ0v) is 16.2. The third-order valence-electron chi connectivity index (χ3n) is 4.71. The van der Waals surface area contributed by atoms with Crippen LogP contribution >= 0.6 is 0 Å². The van der Waals surface area contributed by atoms with Gasteiger partial charge in [-0.3, -0.25) is 4.72 Å². The van der Waals surface area contributed by atoms with Crippen LogP contribution in [0.25, 0.3) is 11.0 Å². The summed E-state index contributed by atoms with van der Waals surface area (Å²) in [6.45, 7) is 3.13. The number of piperazine rings is 1. The maximum Gasteiger partial charge on any atom is 0.263 e. The maximum atomic E-state index is 13.2. The number of anilines is 2. The molecule has 4 rings (SSSR count). The molecule has 3 aromatic rings. The van der Waals surface area contributed by atoms with Crippen molar-refractivity contribution in [1.29, 1.82) is 0 Å². The van der Waals surface area contributed by atoms with E-state index in [0.717, 1.165) is 38.3 Å². The number of aromatic nitrogens is 2. The topological polar surface area (TPSA) is 78.4 Å². The smallest absolute Gasteiger partial charge is 0.263 e. The Morgan fingerprint density at radius 1 is 0.929 bits per heavy atom. The molecule has 0 spiro atoms. The highest BCUT2D eigenvalue weighted by atomic mass is 32.2. The zero-order valence-electron chi connectivity index (χ0n) is 15.3. The Kier molecular flexibility index (Phi) is 4.86. The summed E-state index contributed by atoms with van der Waals surface area (Å²) < 4.78 is 41.3. The largest absolute Gasteiger partial charge is 0.351 e. The summed E-state index contributed by atoms with van der Waals surface area (Å²) in [6, 6.07) is 12.0. The first-order valence-electron chi connectivity index (χ1n) is 8.91. The predicted molar refractivity (Wildman–Crippen MR) is 106 cm³/mol. The number of halogens is 1. The van der Waals surface area contributed by atoms with Gasteiger partial charge in [0, 0.05) is 26.2 Å². The summed E-state index contributed by atoms with van der Waals surface area (Å²) in [6.07, 6.45) is 0. The summed E-state index contributed by atoms with van der Waals surface area (Å²) in [5.74, 6) is 0.174. The van der Waals surface area contributed by atoms with Crippen LogP contribution in [0.15, 0.2) is 53.4 Å². The molecule has 2 aromatic carbocycles. The number of fused-ring (bicyclic) bond motifs is 1. The minimum absolute atomic E-state index is 0.0341.